The smallest absolute Gasteiger partial charge is 0.256 e. The van der Waals surface area contributed by atoms with Gasteiger partial charge in [-0.05, 0) is 23.8 Å². The summed E-state index contributed by atoms with van der Waals surface area (Å²) in [7, 11) is 0. The number of carbonyl (C=O) groups is 1. The lowest BCUT2D eigenvalue weighted by atomic mass is 10.0. The molecule has 1 N–H and O–H groups in total. The summed E-state index contributed by atoms with van der Waals surface area (Å²) in [4.78, 5) is 18.9. The summed E-state index contributed by atoms with van der Waals surface area (Å²) >= 11 is 12.2. The van der Waals surface area contributed by atoms with Crippen LogP contribution in [-0.4, -0.2) is 35.4 Å². The molecule has 1 aliphatic heterocycles. The highest BCUT2D eigenvalue weighted by molar-refractivity contribution is 6.43. The lowest BCUT2D eigenvalue weighted by Crippen LogP contribution is -2.48. The molecule has 1 aromatic heterocycles. The Morgan fingerprint density at radius 1 is 1.26 bits per heavy atom. The molecular weight excluding hydrogens is 357 g/mol. The fraction of sp³-hybridized carbons (Fsp3) is 0.250. The molecular formula is C16H16Cl3N3O. The Balaban J connectivity index is 0.00000192. The van der Waals surface area contributed by atoms with Crippen LogP contribution in [0.15, 0.2) is 42.7 Å². The minimum atomic E-state index is -0.108. The lowest BCUT2D eigenvalue weighted by molar-refractivity contribution is 0.0634. The molecule has 0 saturated carbocycles. The van der Waals surface area contributed by atoms with Crippen molar-refractivity contribution in [3.8, 4) is 0 Å². The topological polar surface area (TPSA) is 45.2 Å². The van der Waals surface area contributed by atoms with Gasteiger partial charge in [0.2, 0.25) is 0 Å². The van der Waals surface area contributed by atoms with E-state index >= 15 is 0 Å². The van der Waals surface area contributed by atoms with E-state index in [9.17, 15) is 4.79 Å². The molecule has 0 spiro atoms. The second-order valence-corrected chi connectivity index (χ2v) is 5.89. The highest BCUT2D eigenvalue weighted by Crippen LogP contribution is 2.29. The molecule has 0 radical (unpaired) electrons. The average Bonchev–Trinajstić information content (AvgIpc) is 2.57. The van der Waals surface area contributed by atoms with Gasteiger partial charge in [-0.25, -0.2) is 0 Å². The molecule has 1 fully saturated rings. The number of piperazine rings is 1. The van der Waals surface area contributed by atoms with Crippen molar-refractivity contribution in [2.75, 3.05) is 19.6 Å². The van der Waals surface area contributed by atoms with Gasteiger partial charge in [0.25, 0.3) is 5.91 Å². The van der Waals surface area contributed by atoms with Crippen LogP contribution in [0, 0.1) is 0 Å². The molecule has 1 aliphatic rings. The first kappa shape index (κ1) is 18.0. The zero-order chi connectivity index (χ0) is 15.5. The Morgan fingerprint density at radius 3 is 2.83 bits per heavy atom. The van der Waals surface area contributed by atoms with Gasteiger partial charge >= 0.3 is 0 Å². The Kier molecular flexibility index (Phi) is 6.25. The monoisotopic (exact) mass is 371 g/mol. The molecule has 0 aliphatic carbocycles. The van der Waals surface area contributed by atoms with Crippen molar-refractivity contribution in [1.82, 2.24) is 15.2 Å². The van der Waals surface area contributed by atoms with Crippen molar-refractivity contribution in [2.24, 2.45) is 0 Å². The van der Waals surface area contributed by atoms with E-state index in [2.05, 4.69) is 10.3 Å². The first-order valence-corrected chi connectivity index (χ1v) is 7.79. The van der Waals surface area contributed by atoms with Gasteiger partial charge in [-0.1, -0.05) is 35.3 Å². The van der Waals surface area contributed by atoms with Crippen LogP contribution in [0.4, 0.5) is 0 Å². The summed E-state index contributed by atoms with van der Waals surface area (Å²) in [6.45, 7) is 2.05. The molecule has 4 nitrogen and oxygen atoms in total. The highest BCUT2D eigenvalue weighted by atomic mass is 35.5. The summed E-state index contributed by atoms with van der Waals surface area (Å²) in [5, 5.41) is 4.01. The van der Waals surface area contributed by atoms with E-state index in [4.69, 9.17) is 23.2 Å². The predicted octanol–water partition coefficient (Wildman–Crippen LogP) is 3.60. The lowest BCUT2D eigenvalue weighted by Gasteiger charge is -2.36. The van der Waals surface area contributed by atoms with Gasteiger partial charge in [0, 0.05) is 32.0 Å². The molecule has 2 heterocycles. The summed E-state index contributed by atoms with van der Waals surface area (Å²) < 4.78 is 0. The minimum absolute atomic E-state index is 0. The number of hydrogen-bond acceptors (Lipinski definition) is 3. The Bertz CT molecular complexity index is 682. The van der Waals surface area contributed by atoms with Crippen molar-refractivity contribution in [3.05, 3.63) is 63.9 Å². The standard InChI is InChI=1S/C16H15Cl2N3O.ClH/c17-13-5-1-4-12(15(13)18)16(22)21-8-7-20-10-14(21)11-3-2-6-19-9-11;/h1-6,9,14,20H,7-8,10H2;1H. The third-order valence-corrected chi connectivity index (χ3v) is 4.57. The number of rotatable bonds is 2. The van der Waals surface area contributed by atoms with Crippen molar-refractivity contribution in [1.29, 1.82) is 0 Å². The van der Waals surface area contributed by atoms with E-state index in [1.54, 1.807) is 30.6 Å². The predicted molar refractivity (Wildman–Crippen MR) is 94.6 cm³/mol. The van der Waals surface area contributed by atoms with Crippen LogP contribution in [0.25, 0.3) is 0 Å². The van der Waals surface area contributed by atoms with Crippen LogP contribution in [0.3, 0.4) is 0 Å². The van der Waals surface area contributed by atoms with Crippen LogP contribution < -0.4 is 5.32 Å². The number of amides is 1. The molecule has 1 unspecified atom stereocenters. The fourth-order valence-corrected chi connectivity index (χ4v) is 3.02. The Hall–Kier alpha value is -1.33. The number of halogens is 3. The van der Waals surface area contributed by atoms with Gasteiger partial charge in [0.05, 0.1) is 21.7 Å². The van der Waals surface area contributed by atoms with Crippen LogP contribution in [0.5, 0.6) is 0 Å². The van der Waals surface area contributed by atoms with E-state index in [1.807, 2.05) is 17.0 Å². The second kappa shape index (κ2) is 7.97. The molecule has 7 heteroatoms. The molecule has 1 saturated heterocycles. The molecule has 1 atom stereocenters. The van der Waals surface area contributed by atoms with Crippen molar-refractivity contribution < 1.29 is 4.79 Å². The number of pyridine rings is 1. The SMILES string of the molecule is Cl.O=C(c1cccc(Cl)c1Cl)N1CCNCC1c1cccnc1. The number of nitrogens with zero attached hydrogens (tertiary/aromatic N) is 2. The first-order valence-electron chi connectivity index (χ1n) is 7.04. The van der Waals surface area contributed by atoms with Crippen molar-refractivity contribution >= 4 is 41.5 Å². The van der Waals surface area contributed by atoms with E-state index < -0.39 is 0 Å². The maximum atomic E-state index is 12.9. The third kappa shape index (κ3) is 3.78. The number of hydrogen-bond donors (Lipinski definition) is 1. The van der Waals surface area contributed by atoms with E-state index in [1.165, 1.54) is 0 Å². The summed E-state index contributed by atoms with van der Waals surface area (Å²) in [6.07, 6.45) is 3.51. The minimum Gasteiger partial charge on any atom is -0.329 e. The zero-order valence-corrected chi connectivity index (χ0v) is 14.5. The van der Waals surface area contributed by atoms with Gasteiger partial charge in [-0.2, -0.15) is 0 Å². The van der Waals surface area contributed by atoms with Crippen molar-refractivity contribution in [3.63, 3.8) is 0 Å². The molecule has 1 amide bonds. The number of benzene rings is 1. The van der Waals surface area contributed by atoms with Crippen molar-refractivity contribution in [2.45, 2.75) is 6.04 Å². The molecule has 3 rings (SSSR count). The largest absolute Gasteiger partial charge is 0.329 e. The van der Waals surface area contributed by atoms with Crippen LogP contribution in [0.2, 0.25) is 10.0 Å². The van der Waals surface area contributed by atoms with Crippen LogP contribution in [-0.2, 0) is 0 Å². The third-order valence-electron chi connectivity index (χ3n) is 3.76. The fourth-order valence-electron chi connectivity index (χ4n) is 2.64. The van der Waals surface area contributed by atoms with E-state index in [-0.39, 0.29) is 24.4 Å². The maximum absolute atomic E-state index is 12.9. The van der Waals surface area contributed by atoms with Gasteiger partial charge in [0.1, 0.15) is 0 Å². The van der Waals surface area contributed by atoms with Gasteiger partial charge < -0.3 is 10.2 Å². The first-order chi connectivity index (χ1) is 10.7. The number of nitrogens with one attached hydrogen (secondary N) is 1. The molecule has 0 bridgehead atoms. The molecule has 2 aromatic rings. The van der Waals surface area contributed by atoms with E-state index in [0.717, 1.165) is 12.1 Å². The van der Waals surface area contributed by atoms with E-state index in [0.29, 0.717) is 28.7 Å². The summed E-state index contributed by atoms with van der Waals surface area (Å²) in [5.41, 5.74) is 1.44. The number of aromatic nitrogens is 1. The average molecular weight is 373 g/mol. The maximum Gasteiger partial charge on any atom is 0.256 e. The van der Waals surface area contributed by atoms with Crippen LogP contribution >= 0.6 is 35.6 Å². The summed E-state index contributed by atoms with van der Waals surface area (Å²) in [5.74, 6) is -0.108. The van der Waals surface area contributed by atoms with Crippen LogP contribution in [0.1, 0.15) is 22.0 Å². The van der Waals surface area contributed by atoms with Gasteiger partial charge in [-0.15, -0.1) is 12.4 Å². The highest BCUT2D eigenvalue weighted by Gasteiger charge is 2.30. The molecule has 1 aromatic carbocycles. The number of carbonyl (C=O) groups excluding carboxylic acids is 1. The molecule has 122 valence electrons. The Labute approximate surface area is 151 Å². The Morgan fingerprint density at radius 2 is 2.09 bits per heavy atom. The summed E-state index contributed by atoms with van der Waals surface area (Å²) in [6, 6.07) is 8.91. The molecule has 23 heavy (non-hydrogen) atoms. The zero-order valence-electron chi connectivity index (χ0n) is 12.2. The normalized spacial score (nSPS) is 17.5. The second-order valence-electron chi connectivity index (χ2n) is 5.11. The van der Waals surface area contributed by atoms with Gasteiger partial charge in [-0.3, -0.25) is 9.78 Å². The van der Waals surface area contributed by atoms with Gasteiger partial charge in [0.15, 0.2) is 0 Å². The quantitative estimate of drug-likeness (QED) is 0.876.